The van der Waals surface area contributed by atoms with Crippen LogP contribution in [0.15, 0.2) is 51.5 Å². The summed E-state index contributed by atoms with van der Waals surface area (Å²) in [4.78, 5) is 17.2. The van der Waals surface area contributed by atoms with Crippen LogP contribution in [-0.2, 0) is 0 Å². The molecule has 0 aliphatic carbocycles. The minimum Gasteiger partial charge on any atom is -0.485 e. The largest absolute Gasteiger partial charge is 0.485 e. The van der Waals surface area contributed by atoms with Crippen molar-refractivity contribution in [3.8, 4) is 16.6 Å². The fourth-order valence-corrected chi connectivity index (χ4v) is 4.83. The summed E-state index contributed by atoms with van der Waals surface area (Å²) < 4.78 is 19.3. The van der Waals surface area contributed by atoms with E-state index in [9.17, 15) is 4.79 Å². The molecule has 0 saturated heterocycles. The minimum absolute atomic E-state index is 0.00756. The molecule has 0 amide bonds. The zero-order valence-corrected chi connectivity index (χ0v) is 18.4. The van der Waals surface area contributed by atoms with E-state index < -0.39 is 6.10 Å². The second kappa shape index (κ2) is 8.20. The molecule has 1 atom stereocenters. The number of benzene rings is 1. The summed E-state index contributed by atoms with van der Waals surface area (Å²) >= 11 is 2.74. The van der Waals surface area contributed by atoms with Crippen LogP contribution in [0.25, 0.3) is 5.13 Å². The third-order valence-corrected chi connectivity index (χ3v) is 6.45. The van der Waals surface area contributed by atoms with Gasteiger partial charge in [-0.2, -0.15) is 0 Å². The molecule has 0 radical (unpaired) electrons. The highest BCUT2D eigenvalue weighted by Crippen LogP contribution is 2.36. The normalized spacial score (nSPS) is 15.2. The molecular formula is C21H18N4O4S2. The molecule has 158 valence electrons. The van der Waals surface area contributed by atoms with Crippen LogP contribution in [0.3, 0.4) is 0 Å². The predicted octanol–water partition coefficient (Wildman–Crippen LogP) is 4.42. The molecule has 0 fully saturated rings. The van der Waals surface area contributed by atoms with E-state index in [4.69, 9.17) is 13.9 Å². The van der Waals surface area contributed by atoms with Gasteiger partial charge in [0.15, 0.2) is 22.4 Å². The number of aromatic nitrogens is 4. The monoisotopic (exact) mass is 454 g/mol. The van der Waals surface area contributed by atoms with Crippen LogP contribution in [0.4, 0.5) is 0 Å². The molecule has 10 heteroatoms. The van der Waals surface area contributed by atoms with E-state index in [0.29, 0.717) is 28.2 Å². The quantitative estimate of drug-likeness (QED) is 0.312. The molecule has 3 aromatic heterocycles. The van der Waals surface area contributed by atoms with Crippen LogP contribution < -0.4 is 9.47 Å². The number of hydrogen-bond acceptors (Lipinski definition) is 9. The maximum Gasteiger partial charge on any atom is 0.277 e. The number of aryl methyl sites for hydroxylation is 1. The zero-order chi connectivity index (χ0) is 21.4. The number of ketones is 1. The van der Waals surface area contributed by atoms with E-state index >= 15 is 0 Å². The lowest BCUT2D eigenvalue weighted by molar-refractivity contribution is 0.0686. The third-order valence-electron chi connectivity index (χ3n) is 4.87. The van der Waals surface area contributed by atoms with Gasteiger partial charge in [0.1, 0.15) is 6.61 Å². The van der Waals surface area contributed by atoms with Gasteiger partial charge in [0.2, 0.25) is 6.10 Å². The number of rotatable bonds is 6. The van der Waals surface area contributed by atoms with Crippen LogP contribution in [0.5, 0.6) is 11.5 Å². The number of carbonyl (C=O) groups excluding carboxylic acids is 1. The summed E-state index contributed by atoms with van der Waals surface area (Å²) in [5.74, 6) is 1.83. The van der Waals surface area contributed by atoms with Crippen molar-refractivity contribution >= 4 is 28.9 Å². The molecule has 4 heterocycles. The van der Waals surface area contributed by atoms with Crippen molar-refractivity contribution in [2.75, 3.05) is 12.4 Å². The maximum absolute atomic E-state index is 12.8. The average Bonchev–Trinajstić information content (AvgIpc) is 3.52. The molecule has 0 spiro atoms. The molecule has 1 aliphatic rings. The molecule has 0 saturated carbocycles. The van der Waals surface area contributed by atoms with Gasteiger partial charge in [-0.05, 0) is 32.0 Å². The highest BCUT2D eigenvalue weighted by atomic mass is 32.2. The van der Waals surface area contributed by atoms with E-state index in [2.05, 4.69) is 15.2 Å². The van der Waals surface area contributed by atoms with Crippen LogP contribution in [0.2, 0.25) is 0 Å². The average molecular weight is 455 g/mol. The Labute approximate surface area is 186 Å². The Kier molecular flexibility index (Phi) is 5.24. The highest BCUT2D eigenvalue weighted by Gasteiger charge is 2.27. The molecule has 1 aromatic carbocycles. The van der Waals surface area contributed by atoms with Gasteiger partial charge in [-0.15, -0.1) is 21.5 Å². The Morgan fingerprint density at radius 3 is 2.90 bits per heavy atom. The first-order valence-corrected chi connectivity index (χ1v) is 11.4. The van der Waals surface area contributed by atoms with Crippen LogP contribution in [0.1, 0.15) is 33.7 Å². The van der Waals surface area contributed by atoms with Gasteiger partial charge in [-0.25, -0.2) is 4.98 Å². The zero-order valence-electron chi connectivity index (χ0n) is 16.8. The molecule has 5 rings (SSSR count). The number of Topliss-reactive ketones (excluding diaryl/α,β-unsaturated/α-hetero) is 1. The van der Waals surface area contributed by atoms with Crippen molar-refractivity contribution in [3.63, 3.8) is 0 Å². The van der Waals surface area contributed by atoms with Crippen molar-refractivity contribution in [3.05, 3.63) is 64.8 Å². The molecule has 1 aliphatic heterocycles. The summed E-state index contributed by atoms with van der Waals surface area (Å²) in [5, 5.41) is 11.2. The van der Waals surface area contributed by atoms with E-state index in [1.54, 1.807) is 6.20 Å². The Morgan fingerprint density at radius 1 is 1.26 bits per heavy atom. The lowest BCUT2D eigenvalue weighted by atomic mass is 10.2. The molecule has 4 aromatic rings. The smallest absolute Gasteiger partial charge is 0.277 e. The van der Waals surface area contributed by atoms with Crippen molar-refractivity contribution in [1.82, 2.24) is 19.7 Å². The van der Waals surface area contributed by atoms with Gasteiger partial charge in [0.05, 0.1) is 5.75 Å². The van der Waals surface area contributed by atoms with Gasteiger partial charge in [-0.1, -0.05) is 23.9 Å². The summed E-state index contributed by atoms with van der Waals surface area (Å²) in [5.41, 5.74) is 2.51. The van der Waals surface area contributed by atoms with Crippen molar-refractivity contribution in [2.45, 2.75) is 25.2 Å². The molecule has 0 N–H and O–H groups in total. The number of ether oxygens (including phenoxy) is 2. The highest BCUT2D eigenvalue weighted by molar-refractivity contribution is 7.99. The summed E-state index contributed by atoms with van der Waals surface area (Å²) in [6.45, 7) is 4.17. The molecule has 8 nitrogen and oxygen atoms in total. The number of thiazole rings is 1. The Balaban J connectivity index is 1.25. The molecule has 0 bridgehead atoms. The van der Waals surface area contributed by atoms with Gasteiger partial charge >= 0.3 is 0 Å². The van der Waals surface area contributed by atoms with Gasteiger partial charge < -0.3 is 13.9 Å². The summed E-state index contributed by atoms with van der Waals surface area (Å²) in [7, 11) is 0. The van der Waals surface area contributed by atoms with Crippen LogP contribution in [-0.4, -0.2) is 37.9 Å². The number of fused-ring (bicyclic) bond motifs is 1. The lowest BCUT2D eigenvalue weighted by Crippen LogP contribution is -2.21. The SMILES string of the molecule is Cc1cc(C(=O)CSc2nnc([C@H]3COc4ccccc4O3)o2)c(C)n1-c1nccs1. The van der Waals surface area contributed by atoms with Crippen LogP contribution in [0, 0.1) is 13.8 Å². The lowest BCUT2D eigenvalue weighted by Gasteiger charge is -2.23. The Morgan fingerprint density at radius 2 is 2.10 bits per heavy atom. The second-order valence-corrected chi connectivity index (χ2v) is 8.72. The second-order valence-electron chi connectivity index (χ2n) is 6.92. The predicted molar refractivity (Wildman–Crippen MR) is 116 cm³/mol. The topological polar surface area (TPSA) is 92.3 Å². The van der Waals surface area contributed by atoms with Gasteiger partial charge in [0.25, 0.3) is 11.1 Å². The fourth-order valence-electron chi connectivity index (χ4n) is 3.42. The summed E-state index contributed by atoms with van der Waals surface area (Å²) in [6.07, 6.45) is 1.27. The number of para-hydroxylation sites is 2. The number of nitrogens with zero attached hydrogens (tertiary/aromatic N) is 4. The van der Waals surface area contributed by atoms with E-state index in [0.717, 1.165) is 16.5 Å². The Bertz CT molecular complexity index is 1230. The van der Waals surface area contributed by atoms with E-state index in [1.165, 1.54) is 23.1 Å². The molecule has 31 heavy (non-hydrogen) atoms. The van der Waals surface area contributed by atoms with Crippen molar-refractivity contribution in [1.29, 1.82) is 0 Å². The number of thioether (sulfide) groups is 1. The fraction of sp³-hybridized carbons (Fsp3) is 0.238. The third kappa shape index (κ3) is 3.84. The van der Waals surface area contributed by atoms with Gasteiger partial charge in [-0.3, -0.25) is 9.36 Å². The maximum atomic E-state index is 12.8. The first-order valence-electron chi connectivity index (χ1n) is 9.57. The Hall–Kier alpha value is -3.11. The number of hydrogen-bond donors (Lipinski definition) is 0. The first-order chi connectivity index (χ1) is 15.1. The number of carbonyl (C=O) groups is 1. The summed E-state index contributed by atoms with van der Waals surface area (Å²) in [6, 6.07) is 9.32. The van der Waals surface area contributed by atoms with E-state index in [-0.39, 0.29) is 18.1 Å². The molecular weight excluding hydrogens is 436 g/mol. The minimum atomic E-state index is -0.482. The van der Waals surface area contributed by atoms with Gasteiger partial charge in [0, 0.05) is 28.5 Å². The first kappa shape index (κ1) is 19.8. The van der Waals surface area contributed by atoms with E-state index in [1.807, 2.05) is 54.1 Å². The van der Waals surface area contributed by atoms with Crippen LogP contribution >= 0.6 is 23.1 Å². The molecule has 0 unspecified atom stereocenters. The standard InChI is InChI=1S/C21H18N4O4S2/c1-12-9-14(13(2)25(12)20-22-7-8-30-20)15(26)11-31-21-24-23-19(29-21)18-10-27-16-5-3-4-6-17(16)28-18/h3-9,18H,10-11H2,1-2H3/t18-/m1/s1. The van der Waals surface area contributed by atoms with Crippen molar-refractivity contribution < 1.29 is 18.7 Å². The van der Waals surface area contributed by atoms with Crippen molar-refractivity contribution in [2.24, 2.45) is 0 Å².